The lowest BCUT2D eigenvalue weighted by molar-refractivity contribution is 0.167. The Hall–Kier alpha value is -1.82. The van der Waals surface area contributed by atoms with Gasteiger partial charge in [-0.2, -0.15) is 0 Å². The van der Waals surface area contributed by atoms with E-state index in [1.54, 1.807) is 12.5 Å². The Morgan fingerprint density at radius 1 is 1.55 bits per heavy atom. The highest BCUT2D eigenvalue weighted by molar-refractivity contribution is 7.10. The number of amides is 2. The molecule has 3 heterocycles. The van der Waals surface area contributed by atoms with Crippen LogP contribution in [0.5, 0.6) is 0 Å². The average Bonchev–Trinajstić information content (AvgIpc) is 3.21. The molecule has 22 heavy (non-hydrogen) atoms. The number of thiophene rings is 1. The van der Waals surface area contributed by atoms with Gasteiger partial charge in [-0.15, -0.1) is 11.3 Å². The topological polar surface area (TPSA) is 50.2 Å². The first kappa shape index (κ1) is 15.1. The Balaban J connectivity index is 1.51. The predicted octanol–water partition coefficient (Wildman–Crippen LogP) is 3.05. The molecule has 0 radical (unpaired) electrons. The van der Waals surface area contributed by atoms with E-state index in [1.165, 1.54) is 10.4 Å². The minimum absolute atomic E-state index is 0.0642. The number of carbonyl (C=O) groups is 1. The molecular formula is C16H22N4OS. The summed E-state index contributed by atoms with van der Waals surface area (Å²) < 4.78 is 2.03. The quantitative estimate of drug-likeness (QED) is 0.862. The maximum atomic E-state index is 12.5. The number of urea groups is 1. The summed E-state index contributed by atoms with van der Waals surface area (Å²) in [6.45, 7) is 4.54. The third-order valence-electron chi connectivity index (χ3n) is 4.17. The Morgan fingerprint density at radius 2 is 2.45 bits per heavy atom. The highest BCUT2D eigenvalue weighted by Crippen LogP contribution is 2.34. The molecular weight excluding hydrogens is 296 g/mol. The molecule has 2 amide bonds. The summed E-state index contributed by atoms with van der Waals surface area (Å²) in [6.07, 6.45) is 8.38. The first-order valence-corrected chi connectivity index (χ1v) is 8.74. The summed E-state index contributed by atoms with van der Waals surface area (Å²) in [6, 6.07) is 2.46. The Kier molecular flexibility index (Phi) is 4.77. The van der Waals surface area contributed by atoms with E-state index in [-0.39, 0.29) is 12.1 Å². The molecule has 118 valence electrons. The van der Waals surface area contributed by atoms with E-state index < -0.39 is 0 Å². The molecule has 0 aliphatic carbocycles. The molecule has 0 fully saturated rings. The van der Waals surface area contributed by atoms with Crippen LogP contribution in [-0.4, -0.2) is 33.6 Å². The molecule has 3 rings (SSSR count). The number of imidazole rings is 1. The molecule has 1 atom stereocenters. The van der Waals surface area contributed by atoms with Gasteiger partial charge >= 0.3 is 6.03 Å². The van der Waals surface area contributed by atoms with E-state index >= 15 is 0 Å². The number of carbonyl (C=O) groups excluding carboxylic acids is 1. The van der Waals surface area contributed by atoms with Crippen molar-refractivity contribution in [3.8, 4) is 0 Å². The second-order valence-electron chi connectivity index (χ2n) is 5.55. The molecule has 2 aromatic heterocycles. The van der Waals surface area contributed by atoms with Crippen molar-refractivity contribution >= 4 is 17.4 Å². The summed E-state index contributed by atoms with van der Waals surface area (Å²) in [5.74, 6) is 0. The van der Waals surface area contributed by atoms with Crippen LogP contribution < -0.4 is 5.32 Å². The average molecular weight is 318 g/mol. The van der Waals surface area contributed by atoms with E-state index in [0.29, 0.717) is 6.54 Å². The predicted molar refractivity (Wildman–Crippen MR) is 88.0 cm³/mol. The van der Waals surface area contributed by atoms with Crippen LogP contribution in [0.2, 0.25) is 0 Å². The van der Waals surface area contributed by atoms with E-state index in [4.69, 9.17) is 0 Å². The van der Waals surface area contributed by atoms with Crippen molar-refractivity contribution in [3.63, 3.8) is 0 Å². The minimum Gasteiger partial charge on any atom is -0.338 e. The van der Waals surface area contributed by atoms with Crippen LogP contribution in [0.15, 0.2) is 30.2 Å². The number of fused-ring (bicyclic) bond motifs is 1. The number of nitrogens with one attached hydrogen (secondary N) is 1. The summed E-state index contributed by atoms with van der Waals surface area (Å²) in [4.78, 5) is 19.9. The molecule has 1 N–H and O–H groups in total. The van der Waals surface area contributed by atoms with Crippen LogP contribution in [-0.2, 0) is 13.0 Å². The lowest BCUT2D eigenvalue weighted by Crippen LogP contribution is -2.45. The van der Waals surface area contributed by atoms with Crippen molar-refractivity contribution in [2.75, 3.05) is 13.1 Å². The summed E-state index contributed by atoms with van der Waals surface area (Å²) in [5, 5.41) is 5.20. The van der Waals surface area contributed by atoms with Crippen LogP contribution >= 0.6 is 11.3 Å². The van der Waals surface area contributed by atoms with Gasteiger partial charge in [0, 0.05) is 36.9 Å². The molecule has 5 nitrogen and oxygen atoms in total. The zero-order valence-corrected chi connectivity index (χ0v) is 13.7. The monoisotopic (exact) mass is 318 g/mol. The molecule has 0 spiro atoms. The van der Waals surface area contributed by atoms with Gasteiger partial charge in [0.2, 0.25) is 0 Å². The second-order valence-corrected chi connectivity index (χ2v) is 6.55. The van der Waals surface area contributed by atoms with Gasteiger partial charge < -0.3 is 14.8 Å². The maximum absolute atomic E-state index is 12.5. The van der Waals surface area contributed by atoms with Gasteiger partial charge in [-0.1, -0.05) is 6.92 Å². The van der Waals surface area contributed by atoms with Gasteiger partial charge in [0.05, 0.1) is 12.4 Å². The zero-order valence-electron chi connectivity index (χ0n) is 12.9. The summed E-state index contributed by atoms with van der Waals surface area (Å²) in [7, 11) is 0. The first-order chi connectivity index (χ1) is 10.8. The third kappa shape index (κ3) is 3.16. The smallest absolute Gasteiger partial charge is 0.317 e. The lowest BCUT2D eigenvalue weighted by Gasteiger charge is -2.35. The van der Waals surface area contributed by atoms with Crippen molar-refractivity contribution in [3.05, 3.63) is 40.6 Å². The summed E-state index contributed by atoms with van der Waals surface area (Å²) in [5.41, 5.74) is 1.34. The summed E-state index contributed by atoms with van der Waals surface area (Å²) >= 11 is 1.81. The Morgan fingerprint density at radius 3 is 3.23 bits per heavy atom. The first-order valence-electron chi connectivity index (χ1n) is 7.86. The maximum Gasteiger partial charge on any atom is 0.317 e. The Labute approximate surface area is 135 Å². The molecule has 0 saturated carbocycles. The largest absolute Gasteiger partial charge is 0.338 e. The fourth-order valence-corrected chi connectivity index (χ4v) is 3.99. The number of rotatable bonds is 5. The normalized spacial score (nSPS) is 17.3. The molecule has 0 unspecified atom stereocenters. The van der Waals surface area contributed by atoms with Gasteiger partial charge in [0.25, 0.3) is 0 Å². The van der Waals surface area contributed by atoms with Crippen LogP contribution in [0.1, 0.15) is 36.2 Å². The highest BCUT2D eigenvalue weighted by Gasteiger charge is 2.29. The molecule has 0 saturated heterocycles. The molecule has 0 bridgehead atoms. The number of aryl methyl sites for hydroxylation is 1. The van der Waals surface area contributed by atoms with Crippen molar-refractivity contribution < 1.29 is 4.79 Å². The second kappa shape index (κ2) is 6.96. The third-order valence-corrected chi connectivity index (χ3v) is 5.17. The molecule has 0 aromatic carbocycles. The SMILES string of the molecule is CC[C@H]1c2ccsc2CCN1C(=O)NCCCn1ccnc1. The number of aromatic nitrogens is 2. The van der Waals surface area contributed by atoms with Gasteiger partial charge in [0.1, 0.15) is 0 Å². The number of hydrogen-bond donors (Lipinski definition) is 1. The zero-order chi connectivity index (χ0) is 15.4. The van der Waals surface area contributed by atoms with Gasteiger partial charge in [-0.3, -0.25) is 0 Å². The highest BCUT2D eigenvalue weighted by atomic mass is 32.1. The van der Waals surface area contributed by atoms with Crippen molar-refractivity contribution in [2.45, 2.75) is 38.8 Å². The minimum atomic E-state index is 0.0642. The van der Waals surface area contributed by atoms with E-state index in [0.717, 1.165) is 32.4 Å². The molecule has 1 aliphatic heterocycles. The molecule has 2 aromatic rings. The fourth-order valence-electron chi connectivity index (χ4n) is 3.06. The van der Waals surface area contributed by atoms with Gasteiger partial charge in [-0.05, 0) is 36.3 Å². The van der Waals surface area contributed by atoms with Crippen LogP contribution in [0.3, 0.4) is 0 Å². The van der Waals surface area contributed by atoms with Gasteiger partial charge in [-0.25, -0.2) is 9.78 Å². The lowest BCUT2D eigenvalue weighted by atomic mass is 9.98. The standard InChI is InChI=1S/C16H22N4OS/c1-2-14-13-5-11-22-15(13)4-9-20(14)16(21)18-6-3-8-19-10-7-17-12-19/h5,7,10-12,14H,2-4,6,8-9H2,1H3,(H,18,21)/t14-/m0/s1. The van der Waals surface area contributed by atoms with Crippen LogP contribution in [0, 0.1) is 0 Å². The molecule has 6 heteroatoms. The van der Waals surface area contributed by atoms with E-state index in [9.17, 15) is 4.79 Å². The van der Waals surface area contributed by atoms with Crippen LogP contribution in [0.25, 0.3) is 0 Å². The number of hydrogen-bond acceptors (Lipinski definition) is 3. The molecule has 1 aliphatic rings. The van der Waals surface area contributed by atoms with E-state index in [2.05, 4.69) is 28.7 Å². The number of nitrogens with zero attached hydrogens (tertiary/aromatic N) is 3. The van der Waals surface area contributed by atoms with Gasteiger partial charge in [0.15, 0.2) is 0 Å². The van der Waals surface area contributed by atoms with E-state index in [1.807, 2.05) is 27.0 Å². The van der Waals surface area contributed by atoms with Crippen molar-refractivity contribution in [1.29, 1.82) is 0 Å². The van der Waals surface area contributed by atoms with Crippen molar-refractivity contribution in [1.82, 2.24) is 19.8 Å². The fraction of sp³-hybridized carbons (Fsp3) is 0.500. The Bertz CT molecular complexity index is 607. The van der Waals surface area contributed by atoms with Crippen molar-refractivity contribution in [2.24, 2.45) is 0 Å². The van der Waals surface area contributed by atoms with Crippen LogP contribution in [0.4, 0.5) is 4.79 Å².